The SMILES string of the molecule is Cc1cc(Cl)cc(-c2ncnn3cc(CN4C(=O)CN(C)CC4=O)cc23)c1CC1CNC[C@H](C)O1.Cl. The predicted molar refractivity (Wildman–Crippen MR) is 139 cm³/mol. The molecule has 2 fully saturated rings. The highest BCUT2D eigenvalue weighted by Gasteiger charge is 2.29. The van der Waals surface area contributed by atoms with Gasteiger partial charge in [0.25, 0.3) is 0 Å². The van der Waals surface area contributed by atoms with Crippen LogP contribution in [0, 0.1) is 6.92 Å². The fourth-order valence-electron chi connectivity index (χ4n) is 4.94. The highest BCUT2D eigenvalue weighted by Crippen LogP contribution is 2.33. The lowest BCUT2D eigenvalue weighted by Crippen LogP contribution is -2.52. The molecule has 2 aromatic heterocycles. The van der Waals surface area contributed by atoms with Crippen molar-refractivity contribution in [1.29, 1.82) is 0 Å². The van der Waals surface area contributed by atoms with Gasteiger partial charge in [-0.25, -0.2) is 9.50 Å². The second kappa shape index (κ2) is 10.8. The average Bonchev–Trinajstić information content (AvgIpc) is 3.21. The number of ether oxygens (including phenoxy) is 1. The number of hydrogen-bond acceptors (Lipinski definition) is 7. The van der Waals surface area contributed by atoms with E-state index in [9.17, 15) is 9.59 Å². The summed E-state index contributed by atoms with van der Waals surface area (Å²) in [5, 5.41) is 8.44. The Balaban J connectivity index is 0.00000304. The molecule has 192 valence electrons. The van der Waals surface area contributed by atoms with Crippen molar-refractivity contribution in [1.82, 2.24) is 29.7 Å². The van der Waals surface area contributed by atoms with Crippen molar-refractivity contribution in [3.8, 4) is 11.3 Å². The molecule has 1 unspecified atom stereocenters. The van der Waals surface area contributed by atoms with Gasteiger partial charge in [0.05, 0.1) is 43.1 Å². The number of aromatic nitrogens is 3. The van der Waals surface area contributed by atoms with Crippen molar-refractivity contribution in [2.75, 3.05) is 33.2 Å². The first-order valence-corrected chi connectivity index (χ1v) is 12.2. The maximum absolute atomic E-state index is 12.5. The molecular weight excluding hydrogens is 503 g/mol. The van der Waals surface area contributed by atoms with Crippen LogP contribution in [0.25, 0.3) is 16.8 Å². The first-order chi connectivity index (χ1) is 16.8. The van der Waals surface area contributed by atoms with E-state index in [1.165, 1.54) is 11.2 Å². The van der Waals surface area contributed by atoms with Crippen molar-refractivity contribution in [3.63, 3.8) is 0 Å². The van der Waals surface area contributed by atoms with E-state index >= 15 is 0 Å². The molecule has 1 N–H and O–H groups in total. The lowest BCUT2D eigenvalue weighted by molar-refractivity contribution is -0.151. The molecule has 0 aliphatic carbocycles. The molecule has 5 rings (SSSR count). The topological polar surface area (TPSA) is 92.1 Å². The molecule has 0 radical (unpaired) electrons. The lowest BCUT2D eigenvalue weighted by atomic mass is 9.93. The number of nitrogens with zero attached hydrogens (tertiary/aromatic N) is 5. The lowest BCUT2D eigenvalue weighted by Gasteiger charge is -2.30. The van der Waals surface area contributed by atoms with Crippen LogP contribution in [0.5, 0.6) is 0 Å². The van der Waals surface area contributed by atoms with E-state index in [2.05, 4.69) is 29.2 Å². The molecule has 2 aliphatic heterocycles. The van der Waals surface area contributed by atoms with Gasteiger partial charge in [-0.15, -0.1) is 12.4 Å². The van der Waals surface area contributed by atoms with Crippen LogP contribution in [0.15, 0.2) is 30.7 Å². The number of hydrogen-bond donors (Lipinski definition) is 1. The van der Waals surface area contributed by atoms with Crippen molar-refractivity contribution in [3.05, 3.63) is 52.4 Å². The number of benzene rings is 1. The molecule has 1 aromatic carbocycles. The third kappa shape index (κ3) is 5.40. The smallest absolute Gasteiger partial charge is 0.243 e. The van der Waals surface area contributed by atoms with Crippen LogP contribution >= 0.6 is 24.0 Å². The van der Waals surface area contributed by atoms with Gasteiger partial charge >= 0.3 is 0 Å². The van der Waals surface area contributed by atoms with Gasteiger partial charge in [0.2, 0.25) is 11.8 Å². The molecule has 11 heteroatoms. The van der Waals surface area contributed by atoms with E-state index in [0.717, 1.165) is 53.0 Å². The molecule has 0 spiro atoms. The van der Waals surface area contributed by atoms with E-state index in [0.29, 0.717) is 5.02 Å². The Bertz CT molecular complexity index is 1280. The first-order valence-electron chi connectivity index (χ1n) is 11.8. The quantitative estimate of drug-likeness (QED) is 0.504. The number of likely N-dealkylation sites (N-methyl/N-ethyl adjacent to an activating group) is 1. The summed E-state index contributed by atoms with van der Waals surface area (Å²) in [6, 6.07) is 5.84. The van der Waals surface area contributed by atoms with Crippen molar-refractivity contribution in [2.24, 2.45) is 0 Å². The van der Waals surface area contributed by atoms with E-state index in [4.69, 9.17) is 16.3 Å². The van der Waals surface area contributed by atoms with Gasteiger partial charge in [-0.2, -0.15) is 5.10 Å². The predicted octanol–water partition coefficient (Wildman–Crippen LogP) is 2.50. The third-order valence-electron chi connectivity index (χ3n) is 6.57. The second-order valence-electron chi connectivity index (χ2n) is 9.51. The Morgan fingerprint density at radius 1 is 1.17 bits per heavy atom. The van der Waals surface area contributed by atoms with Crippen LogP contribution < -0.4 is 5.32 Å². The maximum Gasteiger partial charge on any atom is 0.243 e. The normalized spacial score (nSPS) is 21.2. The number of aryl methyl sites for hydroxylation is 1. The van der Waals surface area contributed by atoms with Crippen LogP contribution in [-0.4, -0.2) is 81.6 Å². The molecule has 4 heterocycles. The number of carbonyl (C=O) groups is 2. The minimum absolute atomic E-state index is 0. The number of carbonyl (C=O) groups excluding carboxylic acids is 2. The van der Waals surface area contributed by atoms with Crippen LogP contribution in [0.2, 0.25) is 5.02 Å². The summed E-state index contributed by atoms with van der Waals surface area (Å²) in [7, 11) is 1.77. The molecule has 2 atom stereocenters. The molecule has 9 nitrogen and oxygen atoms in total. The summed E-state index contributed by atoms with van der Waals surface area (Å²) in [6.07, 6.45) is 4.28. The Kier molecular flexibility index (Phi) is 7.96. The van der Waals surface area contributed by atoms with Gasteiger partial charge in [0.15, 0.2) is 0 Å². The van der Waals surface area contributed by atoms with E-state index in [1.807, 2.05) is 24.4 Å². The van der Waals surface area contributed by atoms with Gasteiger partial charge in [0.1, 0.15) is 6.33 Å². The van der Waals surface area contributed by atoms with Crippen molar-refractivity contribution < 1.29 is 14.3 Å². The van der Waals surface area contributed by atoms with Crippen LogP contribution in [0.4, 0.5) is 0 Å². The standard InChI is InChI=1S/C25H29ClN6O3.ClH/c1-15-4-18(26)6-21(20(15)7-19-9-27-8-16(2)35-19)25-22-5-17(11-32(22)29-14-28-25)10-31-23(33)12-30(3)13-24(31)34;/h4-6,11,14,16,19,27H,7-10,12-13H2,1-3H3;1H/t16-,19?;/m0./s1. The number of rotatable bonds is 5. The fraction of sp³-hybridized carbons (Fsp3) is 0.440. The summed E-state index contributed by atoms with van der Waals surface area (Å²) in [5.74, 6) is -0.401. The number of fused-ring (bicyclic) bond motifs is 1. The number of amides is 2. The molecule has 0 bridgehead atoms. The van der Waals surface area contributed by atoms with Gasteiger partial charge < -0.3 is 10.1 Å². The van der Waals surface area contributed by atoms with Crippen molar-refractivity contribution >= 4 is 41.3 Å². The Morgan fingerprint density at radius 2 is 1.92 bits per heavy atom. The molecule has 0 saturated carbocycles. The largest absolute Gasteiger partial charge is 0.372 e. The highest BCUT2D eigenvalue weighted by molar-refractivity contribution is 6.31. The number of nitrogens with one attached hydrogen (secondary N) is 1. The Hall–Kier alpha value is -2.56. The fourth-order valence-corrected chi connectivity index (χ4v) is 5.21. The summed E-state index contributed by atoms with van der Waals surface area (Å²) >= 11 is 6.49. The summed E-state index contributed by atoms with van der Waals surface area (Å²) in [6.45, 7) is 6.42. The molecule has 2 amide bonds. The van der Waals surface area contributed by atoms with Crippen molar-refractivity contribution in [2.45, 2.75) is 39.0 Å². The van der Waals surface area contributed by atoms with Crippen LogP contribution in [-0.2, 0) is 27.3 Å². The number of morpholine rings is 1. The van der Waals surface area contributed by atoms with Crippen LogP contribution in [0.1, 0.15) is 23.6 Å². The summed E-state index contributed by atoms with van der Waals surface area (Å²) < 4.78 is 7.90. The highest BCUT2D eigenvalue weighted by atomic mass is 35.5. The zero-order valence-electron chi connectivity index (χ0n) is 20.5. The Morgan fingerprint density at radius 3 is 2.64 bits per heavy atom. The third-order valence-corrected chi connectivity index (χ3v) is 6.79. The van der Waals surface area contributed by atoms with Gasteiger partial charge in [0, 0.05) is 36.3 Å². The minimum Gasteiger partial charge on any atom is -0.372 e. The van der Waals surface area contributed by atoms with E-state index in [-0.39, 0.29) is 56.1 Å². The van der Waals surface area contributed by atoms with Crippen LogP contribution in [0.3, 0.4) is 0 Å². The minimum atomic E-state index is -0.201. The summed E-state index contributed by atoms with van der Waals surface area (Å²) in [5.41, 5.74) is 5.48. The zero-order valence-corrected chi connectivity index (χ0v) is 22.1. The molecule has 36 heavy (non-hydrogen) atoms. The first kappa shape index (κ1) is 26.5. The summed E-state index contributed by atoms with van der Waals surface area (Å²) in [4.78, 5) is 32.6. The molecule has 2 saturated heterocycles. The molecule has 2 aliphatic rings. The number of imide groups is 1. The van der Waals surface area contributed by atoms with Gasteiger partial charge in [-0.1, -0.05) is 11.6 Å². The monoisotopic (exact) mass is 532 g/mol. The second-order valence-corrected chi connectivity index (χ2v) is 9.95. The zero-order chi connectivity index (χ0) is 24.7. The van der Waals surface area contributed by atoms with Gasteiger partial charge in [-0.05, 0) is 55.8 Å². The number of piperazine rings is 1. The number of halogens is 2. The van der Waals surface area contributed by atoms with Gasteiger partial charge in [-0.3, -0.25) is 19.4 Å². The molecule has 3 aromatic rings. The molecular formula is C25H30Cl2N6O3. The Labute approximate surface area is 221 Å². The van der Waals surface area contributed by atoms with E-state index in [1.54, 1.807) is 16.5 Å². The average molecular weight is 533 g/mol. The van der Waals surface area contributed by atoms with E-state index < -0.39 is 0 Å². The maximum atomic E-state index is 12.5.